The third kappa shape index (κ3) is 3.72. The van der Waals surface area contributed by atoms with Gasteiger partial charge in [-0.25, -0.2) is 4.57 Å². The second kappa shape index (κ2) is 7.59. The molecule has 2 nitrogen and oxygen atoms in total. The van der Waals surface area contributed by atoms with Crippen molar-refractivity contribution in [2.75, 3.05) is 0 Å². The first-order valence-corrected chi connectivity index (χ1v) is 7.56. The Bertz CT molecular complexity index is 855. The number of aryl methyl sites for hydroxylation is 2. The fourth-order valence-corrected chi connectivity index (χ4v) is 2.69. The first-order valence-electron chi connectivity index (χ1n) is 7.56. The molecule has 0 amide bonds. The number of hydrogen-bond donors (Lipinski definition) is 1. The molecule has 0 aliphatic carbocycles. The number of aromatic hydroxyl groups is 1. The maximum Gasteiger partial charge on any atom is 0.204 e. The lowest BCUT2D eigenvalue weighted by molar-refractivity contribution is -0.673. The Morgan fingerprint density at radius 1 is 0.957 bits per heavy atom. The van der Waals surface area contributed by atoms with Crippen LogP contribution in [0.2, 0.25) is 0 Å². The number of benzene rings is 2. The topological polar surface area (TPSA) is 24.1 Å². The summed E-state index contributed by atoms with van der Waals surface area (Å²) < 4.78 is 2.14. The Hall–Kier alpha value is -1.88. The molecule has 0 spiro atoms. The standard InChI is InChI=1S/C20H19NO.HI/c1-3-15-8-11-17(21(2)14-15)12-9-16-10-13-20(22)19-7-5-4-6-18(16)19;/h4-14H,3H2,1-2H3;1H. The number of hydrogen-bond acceptors (Lipinski definition) is 1. The van der Waals surface area contributed by atoms with Gasteiger partial charge in [-0.05, 0) is 35.6 Å². The van der Waals surface area contributed by atoms with E-state index in [-0.39, 0.29) is 24.0 Å². The molecule has 0 radical (unpaired) electrons. The van der Waals surface area contributed by atoms with Crippen LogP contribution in [0.1, 0.15) is 23.7 Å². The summed E-state index contributed by atoms with van der Waals surface area (Å²) in [6, 6.07) is 15.9. The van der Waals surface area contributed by atoms with Crippen molar-refractivity contribution in [3.05, 3.63) is 71.5 Å². The van der Waals surface area contributed by atoms with Gasteiger partial charge in [0.25, 0.3) is 0 Å². The number of pyridine rings is 1. The van der Waals surface area contributed by atoms with Crippen molar-refractivity contribution in [1.82, 2.24) is 0 Å². The molecule has 0 unspecified atom stereocenters. The molecular formula is C20H20INO. The highest BCUT2D eigenvalue weighted by Crippen LogP contribution is 2.28. The fraction of sp³-hybridized carbons (Fsp3) is 0.150. The average molecular weight is 417 g/mol. The summed E-state index contributed by atoms with van der Waals surface area (Å²) in [6.07, 6.45) is 7.41. The van der Waals surface area contributed by atoms with Gasteiger partial charge in [0.1, 0.15) is 12.8 Å². The first kappa shape index (κ1) is 17.5. The van der Waals surface area contributed by atoms with Crippen molar-refractivity contribution in [2.24, 2.45) is 7.05 Å². The molecule has 3 aromatic rings. The van der Waals surface area contributed by atoms with E-state index in [2.05, 4.69) is 49.0 Å². The number of nitrogens with zero attached hydrogens (tertiary/aromatic N) is 1. The number of phenols is 1. The molecule has 0 atom stereocenters. The van der Waals surface area contributed by atoms with Crippen LogP contribution in [-0.2, 0) is 13.5 Å². The van der Waals surface area contributed by atoms with E-state index in [1.165, 1.54) is 5.56 Å². The Balaban J connectivity index is 0.00000192. The zero-order chi connectivity index (χ0) is 15.5. The normalized spacial score (nSPS) is 10.9. The molecule has 1 heterocycles. The fourth-order valence-electron chi connectivity index (χ4n) is 2.69. The van der Waals surface area contributed by atoms with Gasteiger partial charge < -0.3 is 29.1 Å². The van der Waals surface area contributed by atoms with Crippen LogP contribution < -0.4 is 28.5 Å². The van der Waals surface area contributed by atoms with Gasteiger partial charge in [-0.1, -0.05) is 37.3 Å². The summed E-state index contributed by atoms with van der Waals surface area (Å²) in [7, 11) is 2.06. The molecule has 0 fully saturated rings. The Morgan fingerprint density at radius 2 is 1.70 bits per heavy atom. The molecular weight excluding hydrogens is 397 g/mol. The highest BCUT2D eigenvalue weighted by molar-refractivity contribution is 5.96. The van der Waals surface area contributed by atoms with E-state index in [1.54, 1.807) is 6.07 Å². The summed E-state index contributed by atoms with van der Waals surface area (Å²) in [6.45, 7) is 2.16. The van der Waals surface area contributed by atoms with Crippen LogP contribution in [0.15, 0.2) is 54.7 Å². The van der Waals surface area contributed by atoms with Crippen molar-refractivity contribution in [1.29, 1.82) is 0 Å². The molecule has 2 aromatic carbocycles. The van der Waals surface area contributed by atoms with Crippen LogP contribution in [0.3, 0.4) is 0 Å². The largest absolute Gasteiger partial charge is 1.00 e. The lowest BCUT2D eigenvalue weighted by Gasteiger charge is -2.04. The molecule has 3 heteroatoms. The van der Waals surface area contributed by atoms with Gasteiger partial charge in [0.05, 0.1) is 0 Å². The molecule has 1 N–H and O–H groups in total. The number of halogens is 1. The summed E-state index contributed by atoms with van der Waals surface area (Å²) in [5.41, 5.74) is 3.58. The van der Waals surface area contributed by atoms with E-state index in [1.807, 2.05) is 30.3 Å². The SMILES string of the molecule is CCc1ccc(/C=C/c2ccc(O)c3ccccc23)[n+](C)c1.[I-]. The highest BCUT2D eigenvalue weighted by atomic mass is 127. The Morgan fingerprint density at radius 3 is 2.39 bits per heavy atom. The van der Waals surface area contributed by atoms with E-state index < -0.39 is 0 Å². The van der Waals surface area contributed by atoms with Crippen molar-refractivity contribution < 1.29 is 33.7 Å². The second-order valence-corrected chi connectivity index (χ2v) is 5.48. The van der Waals surface area contributed by atoms with Gasteiger partial charge in [-0.15, -0.1) is 0 Å². The number of phenolic OH excluding ortho intramolecular Hbond substituents is 1. The molecule has 0 bridgehead atoms. The van der Waals surface area contributed by atoms with Gasteiger partial charge in [0.15, 0.2) is 6.20 Å². The maximum absolute atomic E-state index is 9.95. The van der Waals surface area contributed by atoms with Crippen LogP contribution in [0.25, 0.3) is 22.9 Å². The van der Waals surface area contributed by atoms with E-state index >= 15 is 0 Å². The molecule has 0 saturated carbocycles. The summed E-state index contributed by atoms with van der Waals surface area (Å²) in [5.74, 6) is 0.325. The van der Waals surface area contributed by atoms with Crippen LogP contribution in [-0.4, -0.2) is 5.11 Å². The minimum Gasteiger partial charge on any atom is -1.00 e. The number of rotatable bonds is 3. The molecule has 0 aliphatic rings. The van der Waals surface area contributed by atoms with Crippen molar-refractivity contribution in [3.8, 4) is 5.75 Å². The van der Waals surface area contributed by atoms with Crippen LogP contribution >= 0.6 is 0 Å². The Kier molecular flexibility index (Phi) is 5.77. The quantitative estimate of drug-likeness (QED) is 0.501. The van der Waals surface area contributed by atoms with Gasteiger partial charge >= 0.3 is 0 Å². The van der Waals surface area contributed by atoms with Crippen molar-refractivity contribution >= 4 is 22.9 Å². The van der Waals surface area contributed by atoms with Crippen LogP contribution in [0, 0.1) is 0 Å². The molecule has 0 aliphatic heterocycles. The summed E-state index contributed by atoms with van der Waals surface area (Å²) in [4.78, 5) is 0. The maximum atomic E-state index is 9.95. The number of fused-ring (bicyclic) bond motifs is 1. The molecule has 0 saturated heterocycles. The van der Waals surface area contributed by atoms with Gasteiger partial charge in [0, 0.05) is 23.1 Å². The van der Waals surface area contributed by atoms with E-state index in [0.29, 0.717) is 5.75 Å². The molecule has 23 heavy (non-hydrogen) atoms. The monoisotopic (exact) mass is 417 g/mol. The van der Waals surface area contributed by atoms with Gasteiger partial charge in [-0.2, -0.15) is 0 Å². The molecule has 1 aromatic heterocycles. The van der Waals surface area contributed by atoms with Crippen LogP contribution in [0.5, 0.6) is 5.75 Å². The third-order valence-electron chi connectivity index (χ3n) is 4.01. The number of aromatic nitrogens is 1. The smallest absolute Gasteiger partial charge is 0.204 e. The third-order valence-corrected chi connectivity index (χ3v) is 4.01. The predicted octanol–water partition coefficient (Wildman–Crippen LogP) is 1.11. The minimum absolute atomic E-state index is 0. The highest BCUT2D eigenvalue weighted by Gasteiger charge is 2.05. The molecule has 118 valence electrons. The second-order valence-electron chi connectivity index (χ2n) is 5.48. The zero-order valence-corrected chi connectivity index (χ0v) is 15.5. The van der Waals surface area contributed by atoms with E-state index in [9.17, 15) is 5.11 Å². The zero-order valence-electron chi connectivity index (χ0n) is 13.3. The van der Waals surface area contributed by atoms with E-state index in [4.69, 9.17) is 0 Å². The average Bonchev–Trinajstić information content (AvgIpc) is 2.55. The lowest BCUT2D eigenvalue weighted by atomic mass is 10.0. The Labute approximate surface area is 154 Å². The minimum atomic E-state index is 0. The predicted molar refractivity (Wildman–Crippen MR) is 91.5 cm³/mol. The van der Waals surface area contributed by atoms with Crippen LogP contribution in [0.4, 0.5) is 0 Å². The lowest BCUT2D eigenvalue weighted by Crippen LogP contribution is -3.00. The summed E-state index contributed by atoms with van der Waals surface area (Å²) in [5, 5.41) is 11.9. The van der Waals surface area contributed by atoms with Gasteiger partial charge in [0.2, 0.25) is 5.69 Å². The summed E-state index contributed by atoms with van der Waals surface area (Å²) >= 11 is 0. The molecule has 3 rings (SSSR count). The van der Waals surface area contributed by atoms with Crippen molar-refractivity contribution in [3.63, 3.8) is 0 Å². The van der Waals surface area contributed by atoms with E-state index in [0.717, 1.165) is 28.5 Å². The van der Waals surface area contributed by atoms with Gasteiger partial charge in [-0.3, -0.25) is 0 Å². The van der Waals surface area contributed by atoms with Crippen molar-refractivity contribution in [2.45, 2.75) is 13.3 Å². The first-order chi connectivity index (χ1) is 10.7.